The summed E-state index contributed by atoms with van der Waals surface area (Å²) < 4.78 is 11.0. The molecule has 184 valence electrons. The van der Waals surface area contributed by atoms with Gasteiger partial charge in [0.2, 0.25) is 0 Å². The van der Waals surface area contributed by atoms with Gasteiger partial charge in [0.1, 0.15) is 19.3 Å². The lowest BCUT2D eigenvalue weighted by atomic mass is 9.98. The van der Waals surface area contributed by atoms with Crippen LogP contribution in [-0.4, -0.2) is 42.8 Å². The lowest BCUT2D eigenvalue weighted by molar-refractivity contribution is -0.146. The zero-order valence-corrected chi connectivity index (χ0v) is 20.9. The average molecular weight is 513 g/mol. The van der Waals surface area contributed by atoms with Crippen molar-refractivity contribution in [3.63, 3.8) is 0 Å². The van der Waals surface area contributed by atoms with Gasteiger partial charge in [-0.15, -0.1) is 12.4 Å². The number of thioether (sulfide) groups is 1. The smallest absolute Gasteiger partial charge is 0.407 e. The second-order valence-electron chi connectivity index (χ2n) is 7.98. The summed E-state index contributed by atoms with van der Waals surface area (Å²) in [5.41, 5.74) is 11.0. The van der Waals surface area contributed by atoms with Crippen LogP contribution < -0.4 is 11.1 Å². The summed E-state index contributed by atoms with van der Waals surface area (Å²) in [6, 6.07) is 24.9. The number of hydrogen-bond acceptors (Lipinski definition) is 6. The van der Waals surface area contributed by atoms with Crippen LogP contribution >= 0.6 is 24.2 Å². The first-order chi connectivity index (χ1) is 16.7. The van der Waals surface area contributed by atoms with Crippen LogP contribution in [0.2, 0.25) is 0 Å². The van der Waals surface area contributed by atoms with E-state index in [1.807, 2.05) is 54.6 Å². The molecule has 1 amide bonds. The quantitative estimate of drug-likeness (QED) is 0.301. The number of fused-ring (bicyclic) bond motifs is 3. The van der Waals surface area contributed by atoms with Crippen molar-refractivity contribution in [3.05, 3.63) is 95.6 Å². The third-order valence-electron chi connectivity index (χ3n) is 5.69. The Labute approximate surface area is 216 Å². The highest BCUT2D eigenvalue weighted by Crippen LogP contribution is 2.44. The molecule has 6 nitrogen and oxygen atoms in total. The lowest BCUT2D eigenvalue weighted by Crippen LogP contribution is -2.44. The van der Waals surface area contributed by atoms with Crippen molar-refractivity contribution in [1.29, 1.82) is 0 Å². The van der Waals surface area contributed by atoms with Crippen LogP contribution in [0, 0.1) is 0 Å². The largest absolute Gasteiger partial charge is 0.459 e. The van der Waals surface area contributed by atoms with E-state index in [-0.39, 0.29) is 31.5 Å². The molecule has 0 radical (unpaired) electrons. The summed E-state index contributed by atoms with van der Waals surface area (Å²) in [6.45, 7) is 0.813. The van der Waals surface area contributed by atoms with Gasteiger partial charge >= 0.3 is 12.1 Å². The molecule has 0 unspecified atom stereocenters. The SMILES string of the molecule is Cl.NCCSC[C@H](NC(=O)OCC1c2ccccc2-c2ccccc21)C(=O)OCc1ccccc1. The Morgan fingerprint density at radius 2 is 1.49 bits per heavy atom. The van der Waals surface area contributed by atoms with Crippen molar-refractivity contribution < 1.29 is 19.1 Å². The van der Waals surface area contributed by atoms with Crippen LogP contribution in [-0.2, 0) is 20.9 Å². The Morgan fingerprint density at radius 3 is 2.11 bits per heavy atom. The van der Waals surface area contributed by atoms with Gasteiger partial charge in [-0.1, -0.05) is 78.9 Å². The fraction of sp³-hybridized carbons (Fsp3) is 0.259. The summed E-state index contributed by atoms with van der Waals surface area (Å²) in [7, 11) is 0. The molecule has 35 heavy (non-hydrogen) atoms. The standard InChI is InChI=1S/C27H28N2O4S.ClH/c28-14-15-34-18-25(26(30)32-16-19-8-2-1-3-9-19)29-27(31)33-17-24-22-12-6-4-10-20(22)21-11-5-7-13-23(21)24;/h1-13,24-25H,14-18,28H2,(H,29,31);1H/t25-;/m0./s1. The minimum atomic E-state index is -0.823. The van der Waals surface area contributed by atoms with E-state index in [4.69, 9.17) is 15.2 Å². The summed E-state index contributed by atoms with van der Waals surface area (Å²) >= 11 is 1.48. The molecule has 1 aliphatic rings. The molecule has 3 aromatic carbocycles. The van der Waals surface area contributed by atoms with Gasteiger partial charge in [0, 0.05) is 24.0 Å². The van der Waals surface area contributed by atoms with Crippen molar-refractivity contribution in [3.8, 4) is 11.1 Å². The Kier molecular flexibility index (Phi) is 10.0. The number of nitrogens with one attached hydrogen (secondary N) is 1. The number of carbonyl (C=O) groups is 2. The highest BCUT2D eigenvalue weighted by Gasteiger charge is 2.30. The van der Waals surface area contributed by atoms with E-state index in [0.29, 0.717) is 18.1 Å². The first-order valence-corrected chi connectivity index (χ1v) is 12.4. The topological polar surface area (TPSA) is 90.6 Å². The second kappa shape index (κ2) is 13.2. The van der Waals surface area contributed by atoms with Gasteiger partial charge in [0.25, 0.3) is 0 Å². The highest BCUT2D eigenvalue weighted by molar-refractivity contribution is 7.99. The fourth-order valence-corrected chi connectivity index (χ4v) is 4.85. The van der Waals surface area contributed by atoms with E-state index in [1.165, 1.54) is 11.8 Å². The van der Waals surface area contributed by atoms with E-state index < -0.39 is 18.1 Å². The molecular weight excluding hydrogens is 484 g/mol. The van der Waals surface area contributed by atoms with Crippen LogP contribution in [0.3, 0.4) is 0 Å². The number of amides is 1. The van der Waals surface area contributed by atoms with Gasteiger partial charge in [-0.05, 0) is 27.8 Å². The van der Waals surface area contributed by atoms with Crippen LogP contribution in [0.4, 0.5) is 4.79 Å². The maximum absolute atomic E-state index is 12.7. The number of halogens is 1. The first-order valence-electron chi connectivity index (χ1n) is 11.3. The predicted octanol–water partition coefficient (Wildman–Crippen LogP) is 4.75. The third kappa shape index (κ3) is 6.78. The van der Waals surface area contributed by atoms with E-state index in [0.717, 1.165) is 27.8 Å². The molecule has 0 saturated carbocycles. The van der Waals surface area contributed by atoms with E-state index in [2.05, 4.69) is 29.6 Å². The summed E-state index contributed by atoms with van der Waals surface area (Å²) in [5, 5.41) is 2.69. The number of nitrogens with two attached hydrogens (primary N) is 1. The molecule has 0 bridgehead atoms. The Bertz CT molecular complexity index is 1080. The Hall–Kier alpha value is -3.00. The molecule has 8 heteroatoms. The van der Waals surface area contributed by atoms with Gasteiger partial charge in [0.05, 0.1) is 0 Å². The maximum Gasteiger partial charge on any atom is 0.407 e. The molecule has 4 rings (SSSR count). The number of rotatable bonds is 10. The van der Waals surface area contributed by atoms with Crippen molar-refractivity contribution in [2.45, 2.75) is 18.6 Å². The molecule has 0 heterocycles. The molecule has 3 N–H and O–H groups in total. The maximum atomic E-state index is 12.7. The molecule has 0 fully saturated rings. The molecule has 0 aromatic heterocycles. The number of hydrogen-bond donors (Lipinski definition) is 2. The zero-order chi connectivity index (χ0) is 23.8. The van der Waals surface area contributed by atoms with Crippen molar-refractivity contribution >= 4 is 36.2 Å². The molecular formula is C27H29ClN2O4S. The fourth-order valence-electron chi connectivity index (χ4n) is 4.06. The Balaban J connectivity index is 0.00000342. The van der Waals surface area contributed by atoms with E-state index in [9.17, 15) is 9.59 Å². The number of ether oxygens (including phenoxy) is 2. The summed E-state index contributed by atoms with van der Waals surface area (Å²) in [5.74, 6) is 0.485. The van der Waals surface area contributed by atoms with Crippen molar-refractivity contribution in [2.24, 2.45) is 5.73 Å². The highest BCUT2D eigenvalue weighted by atomic mass is 35.5. The van der Waals surface area contributed by atoms with Gasteiger partial charge in [-0.25, -0.2) is 9.59 Å². The van der Waals surface area contributed by atoms with Gasteiger partial charge in [-0.3, -0.25) is 0 Å². The van der Waals surface area contributed by atoms with Gasteiger partial charge in [0.15, 0.2) is 0 Å². The lowest BCUT2D eigenvalue weighted by Gasteiger charge is -2.19. The third-order valence-corrected chi connectivity index (χ3v) is 6.78. The molecule has 0 spiro atoms. The van der Waals surface area contributed by atoms with Crippen LogP contribution in [0.25, 0.3) is 11.1 Å². The summed E-state index contributed by atoms with van der Waals surface area (Å²) in [4.78, 5) is 25.4. The Morgan fingerprint density at radius 1 is 0.886 bits per heavy atom. The van der Waals surface area contributed by atoms with Crippen LogP contribution in [0.5, 0.6) is 0 Å². The molecule has 1 aliphatic carbocycles. The van der Waals surface area contributed by atoms with Crippen molar-refractivity contribution in [2.75, 3.05) is 24.7 Å². The average Bonchev–Trinajstić information content (AvgIpc) is 3.20. The van der Waals surface area contributed by atoms with Crippen LogP contribution in [0.1, 0.15) is 22.6 Å². The van der Waals surface area contributed by atoms with Gasteiger partial charge < -0.3 is 20.5 Å². The van der Waals surface area contributed by atoms with E-state index in [1.54, 1.807) is 0 Å². The molecule has 1 atom stereocenters. The summed E-state index contributed by atoms with van der Waals surface area (Å²) in [6.07, 6.45) is -0.642. The van der Waals surface area contributed by atoms with Crippen molar-refractivity contribution in [1.82, 2.24) is 5.32 Å². The molecule has 0 saturated heterocycles. The minimum absolute atomic E-state index is 0. The number of carbonyl (C=O) groups excluding carboxylic acids is 2. The minimum Gasteiger partial charge on any atom is -0.459 e. The number of esters is 1. The van der Waals surface area contributed by atoms with Crippen LogP contribution in [0.15, 0.2) is 78.9 Å². The first kappa shape index (κ1) is 26.6. The normalized spacial score (nSPS) is 12.6. The molecule has 3 aromatic rings. The number of alkyl carbamates (subject to hydrolysis) is 1. The zero-order valence-electron chi connectivity index (χ0n) is 19.2. The number of benzene rings is 3. The molecule has 0 aliphatic heterocycles. The van der Waals surface area contributed by atoms with E-state index >= 15 is 0 Å². The second-order valence-corrected chi connectivity index (χ2v) is 9.13. The van der Waals surface area contributed by atoms with Gasteiger partial charge in [-0.2, -0.15) is 11.8 Å². The predicted molar refractivity (Wildman–Crippen MR) is 142 cm³/mol. The monoisotopic (exact) mass is 512 g/mol.